The van der Waals surface area contributed by atoms with Crippen LogP contribution in [0, 0.1) is 12.8 Å². The third-order valence-electron chi connectivity index (χ3n) is 4.36. The van der Waals surface area contributed by atoms with Gasteiger partial charge >= 0.3 is 6.03 Å². The Labute approximate surface area is 135 Å². The van der Waals surface area contributed by atoms with Crippen molar-refractivity contribution in [2.45, 2.75) is 26.4 Å². The van der Waals surface area contributed by atoms with E-state index in [1.165, 1.54) is 0 Å². The number of carbonyl (C=O) groups excluding carboxylic acids is 1. The van der Waals surface area contributed by atoms with Crippen LogP contribution in [0.4, 0.5) is 10.5 Å². The van der Waals surface area contributed by atoms with Crippen LogP contribution in [0.15, 0.2) is 36.5 Å². The van der Waals surface area contributed by atoms with E-state index in [0.717, 1.165) is 17.8 Å². The lowest BCUT2D eigenvalue weighted by Gasteiger charge is -2.18. The summed E-state index contributed by atoms with van der Waals surface area (Å²) in [7, 11) is 0. The first-order valence-electron chi connectivity index (χ1n) is 7.90. The highest BCUT2D eigenvalue weighted by molar-refractivity contribution is 5.90. The van der Waals surface area contributed by atoms with Gasteiger partial charge in [-0.15, -0.1) is 0 Å². The molecule has 3 rings (SSSR count). The molecule has 0 saturated carbocycles. The summed E-state index contributed by atoms with van der Waals surface area (Å²) in [6.07, 6.45) is 2.29. The molecule has 1 aliphatic heterocycles. The zero-order valence-electron chi connectivity index (χ0n) is 13.4. The van der Waals surface area contributed by atoms with Crippen molar-refractivity contribution >= 4 is 11.7 Å². The van der Waals surface area contributed by atoms with Crippen LogP contribution in [-0.4, -0.2) is 45.0 Å². The van der Waals surface area contributed by atoms with Crippen LogP contribution < -0.4 is 5.32 Å². The van der Waals surface area contributed by atoms with Gasteiger partial charge in [0.25, 0.3) is 0 Å². The number of likely N-dealkylation sites (tertiary alicyclic amines) is 1. The largest absolute Gasteiger partial charge is 0.393 e. The lowest BCUT2D eigenvalue weighted by molar-refractivity contribution is 0.130. The van der Waals surface area contributed by atoms with Gasteiger partial charge in [-0.3, -0.25) is 0 Å². The van der Waals surface area contributed by atoms with E-state index in [1.54, 1.807) is 16.5 Å². The maximum Gasteiger partial charge on any atom is 0.321 e. The molecular weight excluding hydrogens is 292 g/mol. The maximum absolute atomic E-state index is 12.4. The minimum Gasteiger partial charge on any atom is -0.393 e. The molecule has 0 unspecified atom stereocenters. The Balaban J connectivity index is 1.69. The van der Waals surface area contributed by atoms with Gasteiger partial charge < -0.3 is 15.3 Å². The van der Waals surface area contributed by atoms with E-state index in [1.807, 2.05) is 43.5 Å². The highest BCUT2D eigenvalue weighted by atomic mass is 16.3. The highest BCUT2D eigenvalue weighted by Crippen LogP contribution is 2.22. The second-order valence-corrected chi connectivity index (χ2v) is 6.07. The fraction of sp³-hybridized carbons (Fsp3) is 0.412. The fourth-order valence-electron chi connectivity index (χ4n) is 2.86. The third kappa shape index (κ3) is 3.37. The number of aliphatic hydroxyl groups is 1. The van der Waals surface area contributed by atoms with Gasteiger partial charge in [-0.2, -0.15) is 5.10 Å². The normalized spacial score (nSPS) is 18.9. The molecule has 0 spiro atoms. The van der Waals surface area contributed by atoms with Gasteiger partial charge in [0.15, 0.2) is 0 Å². The Morgan fingerprint density at radius 1 is 1.39 bits per heavy atom. The van der Waals surface area contributed by atoms with E-state index in [-0.39, 0.29) is 18.1 Å². The molecule has 0 radical (unpaired) electrons. The standard InChI is InChI=1S/C17H22N4O2/c1-12-16(11-21(19-12)15-6-4-3-5-7-15)18-17(23)20-9-8-14(10-20)13(2)22/h3-7,11,13-14,22H,8-10H2,1-2H3,(H,18,23)/t13-,14+/m1/s1. The molecule has 1 aromatic carbocycles. The van der Waals surface area contributed by atoms with Crippen molar-refractivity contribution in [1.82, 2.24) is 14.7 Å². The van der Waals surface area contributed by atoms with Crippen molar-refractivity contribution in [3.8, 4) is 5.69 Å². The number of para-hydroxylation sites is 1. The summed E-state index contributed by atoms with van der Waals surface area (Å²) in [6.45, 7) is 4.92. The van der Waals surface area contributed by atoms with Crippen LogP contribution >= 0.6 is 0 Å². The molecule has 122 valence electrons. The van der Waals surface area contributed by atoms with Gasteiger partial charge in [-0.1, -0.05) is 18.2 Å². The average Bonchev–Trinajstić information content (AvgIpc) is 3.16. The summed E-state index contributed by atoms with van der Waals surface area (Å²) in [4.78, 5) is 14.1. The van der Waals surface area contributed by atoms with Gasteiger partial charge in [0.2, 0.25) is 0 Å². The number of aliphatic hydroxyl groups excluding tert-OH is 1. The van der Waals surface area contributed by atoms with Crippen LogP contribution in [0.1, 0.15) is 19.0 Å². The van der Waals surface area contributed by atoms with Gasteiger partial charge in [0.1, 0.15) is 0 Å². The monoisotopic (exact) mass is 314 g/mol. The number of carbonyl (C=O) groups is 1. The second kappa shape index (κ2) is 6.42. The zero-order chi connectivity index (χ0) is 16.4. The molecule has 2 aromatic rings. The van der Waals surface area contributed by atoms with E-state index >= 15 is 0 Å². The molecule has 1 fully saturated rings. The van der Waals surface area contributed by atoms with Crippen molar-refractivity contribution in [3.63, 3.8) is 0 Å². The smallest absolute Gasteiger partial charge is 0.321 e. The quantitative estimate of drug-likeness (QED) is 0.914. The van der Waals surface area contributed by atoms with E-state index in [0.29, 0.717) is 18.8 Å². The van der Waals surface area contributed by atoms with E-state index < -0.39 is 0 Å². The molecular formula is C17H22N4O2. The molecule has 6 nitrogen and oxygen atoms in total. The summed E-state index contributed by atoms with van der Waals surface area (Å²) in [6, 6.07) is 9.64. The van der Waals surface area contributed by atoms with Gasteiger partial charge in [0, 0.05) is 19.0 Å². The Morgan fingerprint density at radius 2 is 2.13 bits per heavy atom. The number of aromatic nitrogens is 2. The number of nitrogens with zero attached hydrogens (tertiary/aromatic N) is 3. The first kappa shape index (κ1) is 15.6. The molecule has 2 amide bonds. The van der Waals surface area contributed by atoms with Gasteiger partial charge in [-0.25, -0.2) is 9.48 Å². The molecule has 2 heterocycles. The Morgan fingerprint density at radius 3 is 2.78 bits per heavy atom. The van der Waals surface area contributed by atoms with E-state index in [4.69, 9.17) is 0 Å². The van der Waals surface area contributed by atoms with Crippen molar-refractivity contribution in [3.05, 3.63) is 42.2 Å². The van der Waals surface area contributed by atoms with Crippen LogP contribution in [0.25, 0.3) is 5.69 Å². The molecule has 6 heteroatoms. The predicted octanol–water partition coefficient (Wildman–Crippen LogP) is 2.42. The molecule has 2 N–H and O–H groups in total. The number of hydrogen-bond acceptors (Lipinski definition) is 3. The van der Waals surface area contributed by atoms with E-state index in [9.17, 15) is 9.90 Å². The van der Waals surface area contributed by atoms with Crippen LogP contribution in [0.3, 0.4) is 0 Å². The van der Waals surface area contributed by atoms with Crippen LogP contribution in [0.2, 0.25) is 0 Å². The predicted molar refractivity (Wildman–Crippen MR) is 88.7 cm³/mol. The number of aryl methyl sites for hydroxylation is 1. The summed E-state index contributed by atoms with van der Waals surface area (Å²) < 4.78 is 1.76. The van der Waals surface area contributed by atoms with Crippen molar-refractivity contribution in [1.29, 1.82) is 0 Å². The lowest BCUT2D eigenvalue weighted by atomic mass is 10.0. The van der Waals surface area contributed by atoms with Crippen LogP contribution in [0.5, 0.6) is 0 Å². The zero-order valence-corrected chi connectivity index (χ0v) is 13.4. The third-order valence-corrected chi connectivity index (χ3v) is 4.36. The summed E-state index contributed by atoms with van der Waals surface area (Å²) in [5, 5.41) is 17.0. The molecule has 2 atom stereocenters. The topological polar surface area (TPSA) is 70.4 Å². The molecule has 23 heavy (non-hydrogen) atoms. The number of urea groups is 1. The first-order valence-corrected chi connectivity index (χ1v) is 7.90. The summed E-state index contributed by atoms with van der Waals surface area (Å²) >= 11 is 0. The van der Waals surface area contributed by atoms with Crippen LogP contribution in [-0.2, 0) is 0 Å². The van der Waals surface area contributed by atoms with Crippen molar-refractivity contribution in [2.24, 2.45) is 5.92 Å². The van der Waals surface area contributed by atoms with Gasteiger partial charge in [0.05, 0.1) is 29.4 Å². The van der Waals surface area contributed by atoms with E-state index in [2.05, 4.69) is 10.4 Å². The Hall–Kier alpha value is -2.34. The number of anilines is 1. The first-order chi connectivity index (χ1) is 11.0. The molecule has 0 aliphatic carbocycles. The minimum absolute atomic E-state index is 0.135. The Bertz CT molecular complexity index is 681. The number of nitrogens with one attached hydrogen (secondary N) is 1. The van der Waals surface area contributed by atoms with Gasteiger partial charge in [-0.05, 0) is 32.4 Å². The highest BCUT2D eigenvalue weighted by Gasteiger charge is 2.29. The molecule has 0 bridgehead atoms. The fourth-order valence-corrected chi connectivity index (χ4v) is 2.86. The SMILES string of the molecule is Cc1nn(-c2ccccc2)cc1NC(=O)N1CC[C@H]([C@@H](C)O)C1. The Kier molecular flexibility index (Phi) is 4.34. The maximum atomic E-state index is 12.4. The number of amides is 2. The average molecular weight is 314 g/mol. The second-order valence-electron chi connectivity index (χ2n) is 6.07. The summed E-state index contributed by atoms with van der Waals surface area (Å²) in [5.74, 6) is 0.161. The molecule has 1 aliphatic rings. The number of benzene rings is 1. The van der Waals surface area contributed by atoms with Crippen molar-refractivity contribution < 1.29 is 9.90 Å². The molecule has 1 saturated heterocycles. The summed E-state index contributed by atoms with van der Waals surface area (Å²) in [5.41, 5.74) is 2.43. The number of hydrogen-bond donors (Lipinski definition) is 2. The number of rotatable bonds is 3. The molecule has 1 aromatic heterocycles. The minimum atomic E-state index is -0.379. The van der Waals surface area contributed by atoms with Crippen molar-refractivity contribution in [2.75, 3.05) is 18.4 Å². The lowest BCUT2D eigenvalue weighted by Crippen LogP contribution is -2.34.